The average molecular weight is 402 g/mol. The zero-order chi connectivity index (χ0) is 19.5. The summed E-state index contributed by atoms with van der Waals surface area (Å²) in [6.07, 6.45) is 0.699. The number of ether oxygens (including phenoxy) is 1. The lowest BCUT2D eigenvalue weighted by molar-refractivity contribution is -0.138. The van der Waals surface area contributed by atoms with Crippen molar-refractivity contribution in [3.8, 4) is 5.75 Å². The van der Waals surface area contributed by atoms with Gasteiger partial charge >= 0.3 is 5.97 Å². The van der Waals surface area contributed by atoms with Crippen molar-refractivity contribution < 1.29 is 27.4 Å². The van der Waals surface area contributed by atoms with Crippen molar-refractivity contribution in [1.82, 2.24) is 0 Å². The van der Waals surface area contributed by atoms with Crippen LogP contribution < -0.4 is 9.04 Å². The number of sulfonamides is 1. The Hall–Kier alpha value is -2.32. The molecule has 0 radical (unpaired) electrons. The van der Waals surface area contributed by atoms with Gasteiger partial charge in [-0.05, 0) is 48.0 Å². The fraction of sp³-hybridized carbons (Fsp3) is 0.235. The van der Waals surface area contributed by atoms with Gasteiger partial charge in [-0.1, -0.05) is 11.6 Å². The third-order valence-corrected chi connectivity index (χ3v) is 5.08. The van der Waals surface area contributed by atoms with E-state index in [1.165, 1.54) is 25.3 Å². The van der Waals surface area contributed by atoms with E-state index in [2.05, 4.69) is 0 Å². The number of rotatable bonds is 7. The smallest absolute Gasteiger partial charge is 0.327 e. The Kier molecular flexibility index (Phi) is 6.09. The molecule has 0 spiro atoms. The van der Waals surface area contributed by atoms with E-state index < -0.39 is 27.9 Å². The molecule has 0 fully saturated rings. The predicted molar refractivity (Wildman–Crippen MR) is 96.9 cm³/mol. The topological polar surface area (TPSA) is 83.9 Å². The molecule has 9 heteroatoms. The van der Waals surface area contributed by atoms with Crippen LogP contribution in [0.25, 0.3) is 0 Å². The highest BCUT2D eigenvalue weighted by Gasteiger charge is 2.33. The first kappa shape index (κ1) is 20.0. The number of carbonyl (C=O) groups is 1. The molecule has 0 aromatic heterocycles. The number of anilines is 1. The van der Waals surface area contributed by atoms with Gasteiger partial charge in [0.1, 0.15) is 17.6 Å². The van der Waals surface area contributed by atoms with Gasteiger partial charge in [0.15, 0.2) is 0 Å². The van der Waals surface area contributed by atoms with Crippen molar-refractivity contribution in [3.63, 3.8) is 0 Å². The van der Waals surface area contributed by atoms with Crippen molar-refractivity contribution in [2.45, 2.75) is 12.5 Å². The molecule has 0 aliphatic rings. The molecule has 1 atom stereocenters. The Labute approximate surface area is 155 Å². The summed E-state index contributed by atoms with van der Waals surface area (Å²) in [5.74, 6) is -1.54. The van der Waals surface area contributed by atoms with E-state index in [0.717, 1.165) is 22.7 Å². The first-order valence-corrected chi connectivity index (χ1v) is 9.66. The maximum absolute atomic E-state index is 13.2. The van der Waals surface area contributed by atoms with Crippen molar-refractivity contribution in [1.29, 1.82) is 0 Å². The van der Waals surface area contributed by atoms with E-state index in [9.17, 15) is 22.7 Å². The van der Waals surface area contributed by atoms with Crippen LogP contribution in [0.3, 0.4) is 0 Å². The fourth-order valence-corrected chi connectivity index (χ4v) is 3.90. The molecule has 1 N–H and O–H groups in total. The van der Waals surface area contributed by atoms with E-state index in [1.807, 2.05) is 0 Å². The Morgan fingerprint density at radius 3 is 2.38 bits per heavy atom. The van der Waals surface area contributed by atoms with E-state index in [-0.39, 0.29) is 12.1 Å². The summed E-state index contributed by atoms with van der Waals surface area (Å²) >= 11 is 5.96. The number of carboxylic acid groups (broad SMARTS) is 1. The maximum atomic E-state index is 13.2. The van der Waals surface area contributed by atoms with Crippen LogP contribution in [0.2, 0.25) is 5.02 Å². The predicted octanol–water partition coefficient (Wildman–Crippen LogP) is 2.95. The molecule has 0 saturated carbocycles. The summed E-state index contributed by atoms with van der Waals surface area (Å²) < 4.78 is 43.7. The second-order valence-corrected chi connectivity index (χ2v) is 7.85. The average Bonchev–Trinajstić information content (AvgIpc) is 2.55. The molecule has 2 rings (SSSR count). The maximum Gasteiger partial charge on any atom is 0.327 e. The lowest BCUT2D eigenvalue weighted by Crippen LogP contribution is -2.46. The zero-order valence-corrected chi connectivity index (χ0v) is 15.6. The highest BCUT2D eigenvalue weighted by Crippen LogP contribution is 2.28. The Bertz CT molecular complexity index is 902. The molecule has 0 aliphatic heterocycles. The first-order chi connectivity index (χ1) is 12.1. The molecule has 0 amide bonds. The van der Waals surface area contributed by atoms with Gasteiger partial charge in [0.05, 0.1) is 19.1 Å². The number of halogens is 2. The molecule has 0 heterocycles. The van der Waals surface area contributed by atoms with Crippen LogP contribution >= 0.6 is 11.6 Å². The lowest BCUT2D eigenvalue weighted by atomic mass is 10.0. The minimum absolute atomic E-state index is 0.0438. The van der Waals surface area contributed by atoms with Crippen molar-refractivity contribution in [2.24, 2.45) is 0 Å². The number of hydrogen-bond donors (Lipinski definition) is 1. The Morgan fingerprint density at radius 1 is 1.27 bits per heavy atom. The Balaban J connectivity index is 2.53. The molecule has 0 bridgehead atoms. The van der Waals surface area contributed by atoms with Gasteiger partial charge in [-0.3, -0.25) is 4.31 Å². The SMILES string of the molecule is COc1ccc(Cl)cc1C[C@@H](C(=O)O)N(c1ccc(F)cc1)S(C)(=O)=O. The minimum Gasteiger partial charge on any atom is -0.496 e. The van der Waals surface area contributed by atoms with Crippen LogP contribution in [0, 0.1) is 5.82 Å². The highest BCUT2D eigenvalue weighted by molar-refractivity contribution is 7.92. The van der Waals surface area contributed by atoms with E-state index in [1.54, 1.807) is 12.1 Å². The number of benzene rings is 2. The lowest BCUT2D eigenvalue weighted by Gasteiger charge is -2.29. The molecule has 2 aromatic carbocycles. The third kappa shape index (κ3) is 4.64. The number of methoxy groups -OCH3 is 1. The summed E-state index contributed by atoms with van der Waals surface area (Å²) in [7, 11) is -2.56. The van der Waals surface area contributed by atoms with Gasteiger partial charge < -0.3 is 9.84 Å². The van der Waals surface area contributed by atoms with Crippen LogP contribution in [-0.2, 0) is 21.2 Å². The van der Waals surface area contributed by atoms with E-state index in [0.29, 0.717) is 16.3 Å². The molecule has 0 unspecified atom stereocenters. The number of hydrogen-bond acceptors (Lipinski definition) is 4. The molecular weight excluding hydrogens is 385 g/mol. The molecule has 6 nitrogen and oxygen atoms in total. The van der Waals surface area contributed by atoms with Crippen molar-refractivity contribution in [2.75, 3.05) is 17.7 Å². The summed E-state index contributed by atoms with van der Waals surface area (Å²) in [4.78, 5) is 11.9. The normalized spacial score (nSPS) is 12.5. The first-order valence-electron chi connectivity index (χ1n) is 7.43. The third-order valence-electron chi connectivity index (χ3n) is 3.66. The van der Waals surface area contributed by atoms with E-state index >= 15 is 0 Å². The molecule has 140 valence electrons. The summed E-state index contributed by atoms with van der Waals surface area (Å²) in [5, 5.41) is 10.0. The van der Waals surface area contributed by atoms with Gasteiger partial charge in [0, 0.05) is 11.4 Å². The minimum atomic E-state index is -3.97. The van der Waals surface area contributed by atoms with E-state index in [4.69, 9.17) is 16.3 Å². The van der Waals surface area contributed by atoms with Crippen LogP contribution in [0.4, 0.5) is 10.1 Å². The molecule has 0 saturated heterocycles. The monoisotopic (exact) mass is 401 g/mol. The fourth-order valence-electron chi connectivity index (χ4n) is 2.58. The van der Waals surface area contributed by atoms with Gasteiger partial charge in [-0.15, -0.1) is 0 Å². The Morgan fingerprint density at radius 2 is 1.88 bits per heavy atom. The van der Waals surface area contributed by atoms with Gasteiger partial charge in [0.25, 0.3) is 0 Å². The zero-order valence-electron chi connectivity index (χ0n) is 14.0. The molecule has 0 aliphatic carbocycles. The van der Waals surface area contributed by atoms with Crippen LogP contribution in [-0.4, -0.2) is 38.9 Å². The largest absolute Gasteiger partial charge is 0.496 e. The van der Waals surface area contributed by atoms with Crippen LogP contribution in [0.1, 0.15) is 5.56 Å². The second kappa shape index (κ2) is 7.92. The molecular formula is C17H17ClFNO5S. The summed E-state index contributed by atoms with van der Waals surface area (Å²) in [6, 6.07) is 7.74. The molecule has 26 heavy (non-hydrogen) atoms. The number of carboxylic acids is 1. The van der Waals surface area contributed by atoms with Crippen LogP contribution in [0.5, 0.6) is 5.75 Å². The summed E-state index contributed by atoms with van der Waals surface area (Å²) in [5.41, 5.74) is 0.477. The number of aliphatic carboxylic acids is 1. The van der Waals surface area contributed by atoms with Gasteiger partial charge in [-0.25, -0.2) is 17.6 Å². The summed E-state index contributed by atoms with van der Waals surface area (Å²) in [6.45, 7) is 0. The quantitative estimate of drug-likeness (QED) is 0.771. The van der Waals surface area contributed by atoms with Crippen LogP contribution in [0.15, 0.2) is 42.5 Å². The van der Waals surface area contributed by atoms with Gasteiger partial charge in [-0.2, -0.15) is 0 Å². The van der Waals surface area contributed by atoms with Gasteiger partial charge in [0.2, 0.25) is 10.0 Å². The highest BCUT2D eigenvalue weighted by atomic mass is 35.5. The van der Waals surface area contributed by atoms with Crippen molar-refractivity contribution >= 4 is 33.3 Å². The second-order valence-electron chi connectivity index (χ2n) is 5.55. The standard InChI is InChI=1S/C17H17ClFNO5S/c1-25-16-8-3-12(18)9-11(16)10-15(17(21)22)20(26(2,23)24)14-6-4-13(19)5-7-14/h3-9,15H,10H2,1-2H3,(H,21,22)/t15-/m0/s1. The number of nitrogens with zero attached hydrogens (tertiary/aromatic N) is 1. The van der Waals surface area contributed by atoms with Crippen molar-refractivity contribution in [3.05, 3.63) is 58.9 Å². The molecule has 2 aromatic rings.